The van der Waals surface area contributed by atoms with Crippen molar-refractivity contribution in [2.45, 2.75) is 13.0 Å². The number of alkyl halides is 2. The van der Waals surface area contributed by atoms with Crippen LogP contribution in [0.15, 0.2) is 30.9 Å². The molecule has 22 heavy (non-hydrogen) atoms. The van der Waals surface area contributed by atoms with Crippen molar-refractivity contribution in [1.29, 1.82) is 5.26 Å². The second kappa shape index (κ2) is 4.46. The van der Waals surface area contributed by atoms with Crippen LogP contribution in [0.25, 0.3) is 17.1 Å². The number of fused-ring (bicyclic) bond motifs is 5. The van der Waals surface area contributed by atoms with Crippen molar-refractivity contribution >= 4 is 0 Å². The summed E-state index contributed by atoms with van der Waals surface area (Å²) in [6, 6.07) is 7.08. The van der Waals surface area contributed by atoms with E-state index in [0.29, 0.717) is 28.3 Å². The van der Waals surface area contributed by atoms with Crippen molar-refractivity contribution in [2.24, 2.45) is 0 Å². The molecule has 0 saturated carbocycles. The molecule has 0 atom stereocenters. The molecule has 3 heterocycles. The van der Waals surface area contributed by atoms with E-state index in [2.05, 4.69) is 21.1 Å². The Morgan fingerprint density at radius 1 is 1.27 bits per heavy atom. The summed E-state index contributed by atoms with van der Waals surface area (Å²) >= 11 is 0. The number of halogens is 2. The summed E-state index contributed by atoms with van der Waals surface area (Å²) in [6.45, 7) is 0.144. The first-order chi connectivity index (χ1) is 10.7. The van der Waals surface area contributed by atoms with Crippen LogP contribution in [0, 0.1) is 11.3 Å². The van der Waals surface area contributed by atoms with Gasteiger partial charge in [0.05, 0.1) is 29.6 Å². The van der Waals surface area contributed by atoms with E-state index in [1.54, 1.807) is 22.8 Å². The van der Waals surface area contributed by atoms with Gasteiger partial charge in [0, 0.05) is 5.56 Å². The average molecular weight is 298 g/mol. The average Bonchev–Trinajstić information content (AvgIpc) is 3.12. The first-order valence-corrected chi connectivity index (χ1v) is 6.46. The van der Waals surface area contributed by atoms with Crippen molar-refractivity contribution in [1.82, 2.24) is 24.3 Å². The SMILES string of the molecule is N#Cc1ccc2c(c1)-c1ncnn1Cc1c(C(F)F)ncn1-2. The monoisotopic (exact) mass is 298 g/mol. The van der Waals surface area contributed by atoms with Crippen LogP contribution in [-0.2, 0) is 6.54 Å². The molecule has 0 saturated heterocycles. The van der Waals surface area contributed by atoms with E-state index in [0.717, 1.165) is 0 Å². The highest BCUT2D eigenvalue weighted by Gasteiger charge is 2.26. The number of nitrogens with zero attached hydrogens (tertiary/aromatic N) is 6. The van der Waals surface area contributed by atoms with Crippen LogP contribution in [-0.4, -0.2) is 24.3 Å². The van der Waals surface area contributed by atoms with E-state index in [4.69, 9.17) is 5.26 Å². The van der Waals surface area contributed by atoms with Crippen LogP contribution in [0.2, 0.25) is 0 Å². The minimum Gasteiger partial charge on any atom is -0.300 e. The Balaban J connectivity index is 2.06. The first kappa shape index (κ1) is 12.6. The maximum atomic E-state index is 13.2. The van der Waals surface area contributed by atoms with Crippen LogP contribution in [0.1, 0.15) is 23.4 Å². The molecular weight excluding hydrogens is 290 g/mol. The molecule has 0 N–H and O–H groups in total. The fourth-order valence-corrected chi connectivity index (χ4v) is 2.66. The summed E-state index contributed by atoms with van der Waals surface area (Å²) in [5.74, 6) is 0.538. The van der Waals surface area contributed by atoms with Crippen LogP contribution in [0.5, 0.6) is 0 Å². The summed E-state index contributed by atoms with van der Waals surface area (Å²) in [6.07, 6.45) is 0.0727. The smallest absolute Gasteiger partial charge is 0.282 e. The van der Waals surface area contributed by atoms with Crippen LogP contribution in [0.3, 0.4) is 0 Å². The third-order valence-corrected chi connectivity index (χ3v) is 3.65. The molecule has 4 rings (SSSR count). The molecular formula is C14H8F2N6. The minimum atomic E-state index is -2.66. The molecule has 0 aliphatic carbocycles. The molecule has 108 valence electrons. The van der Waals surface area contributed by atoms with Gasteiger partial charge in [0.1, 0.15) is 18.3 Å². The fourth-order valence-electron chi connectivity index (χ4n) is 2.66. The quantitative estimate of drug-likeness (QED) is 0.540. The fraction of sp³-hybridized carbons (Fsp3) is 0.143. The molecule has 1 aliphatic rings. The molecule has 6 nitrogen and oxygen atoms in total. The molecule has 0 radical (unpaired) electrons. The van der Waals surface area contributed by atoms with Crippen molar-refractivity contribution in [3.05, 3.63) is 47.8 Å². The molecule has 1 aliphatic heterocycles. The van der Waals surface area contributed by atoms with Crippen molar-refractivity contribution in [3.8, 4) is 23.1 Å². The summed E-state index contributed by atoms with van der Waals surface area (Å²) in [7, 11) is 0. The second-order valence-corrected chi connectivity index (χ2v) is 4.83. The Kier molecular flexibility index (Phi) is 2.56. The van der Waals surface area contributed by atoms with Gasteiger partial charge in [-0.05, 0) is 18.2 Å². The van der Waals surface area contributed by atoms with Crippen LogP contribution < -0.4 is 0 Å². The number of benzene rings is 1. The van der Waals surface area contributed by atoms with Crippen molar-refractivity contribution < 1.29 is 8.78 Å². The molecule has 0 bridgehead atoms. The third kappa shape index (κ3) is 1.65. The second-order valence-electron chi connectivity index (χ2n) is 4.83. The van der Waals surface area contributed by atoms with Crippen molar-refractivity contribution in [3.63, 3.8) is 0 Å². The zero-order valence-corrected chi connectivity index (χ0v) is 11.1. The lowest BCUT2D eigenvalue weighted by Gasteiger charge is -2.08. The molecule has 0 fully saturated rings. The lowest BCUT2D eigenvalue weighted by atomic mass is 10.1. The number of aromatic nitrogens is 5. The Hall–Kier alpha value is -3.08. The molecule has 0 unspecified atom stereocenters. The number of rotatable bonds is 1. The standard InChI is InChI=1S/C14H8F2N6/c15-13(16)12-11-5-22-14(18-6-20-22)9-3-8(4-17)1-2-10(9)21(11)7-19-12/h1-3,6-7,13H,5H2. The number of nitriles is 1. The lowest BCUT2D eigenvalue weighted by molar-refractivity contribution is 0.145. The largest absolute Gasteiger partial charge is 0.300 e. The van der Waals surface area contributed by atoms with E-state index in [-0.39, 0.29) is 12.2 Å². The van der Waals surface area contributed by atoms with Crippen LogP contribution >= 0.6 is 0 Å². The van der Waals surface area contributed by atoms with Gasteiger partial charge in [0.15, 0.2) is 5.82 Å². The van der Waals surface area contributed by atoms with E-state index in [9.17, 15) is 8.78 Å². The van der Waals surface area contributed by atoms with Gasteiger partial charge in [-0.15, -0.1) is 0 Å². The van der Waals surface area contributed by atoms with E-state index < -0.39 is 6.43 Å². The third-order valence-electron chi connectivity index (χ3n) is 3.65. The van der Waals surface area contributed by atoms with Gasteiger partial charge in [0.2, 0.25) is 0 Å². The summed E-state index contributed by atoms with van der Waals surface area (Å²) in [5.41, 5.74) is 1.88. The highest BCUT2D eigenvalue weighted by Crippen LogP contribution is 2.33. The van der Waals surface area contributed by atoms with E-state index in [1.165, 1.54) is 17.3 Å². The summed E-state index contributed by atoms with van der Waals surface area (Å²) < 4.78 is 29.4. The molecule has 2 aromatic heterocycles. The Bertz CT molecular complexity index is 918. The first-order valence-electron chi connectivity index (χ1n) is 6.46. The maximum absolute atomic E-state index is 13.2. The summed E-state index contributed by atoms with van der Waals surface area (Å²) in [5, 5.41) is 13.2. The zero-order valence-electron chi connectivity index (χ0n) is 11.1. The van der Waals surface area contributed by atoms with E-state index >= 15 is 0 Å². The topological polar surface area (TPSA) is 72.3 Å². The molecule has 1 aromatic carbocycles. The highest BCUT2D eigenvalue weighted by atomic mass is 19.3. The van der Waals surface area contributed by atoms with Gasteiger partial charge in [-0.25, -0.2) is 23.4 Å². The summed E-state index contributed by atoms with van der Waals surface area (Å²) in [4.78, 5) is 8.02. The van der Waals surface area contributed by atoms with Gasteiger partial charge < -0.3 is 4.57 Å². The maximum Gasteiger partial charge on any atom is 0.282 e. The van der Waals surface area contributed by atoms with Crippen LogP contribution in [0.4, 0.5) is 8.78 Å². The molecule has 3 aromatic rings. The Morgan fingerprint density at radius 2 is 2.14 bits per heavy atom. The van der Waals surface area contributed by atoms with Gasteiger partial charge in [-0.3, -0.25) is 0 Å². The minimum absolute atomic E-state index is 0.144. The van der Waals surface area contributed by atoms with Crippen molar-refractivity contribution in [2.75, 3.05) is 0 Å². The van der Waals surface area contributed by atoms with Gasteiger partial charge >= 0.3 is 0 Å². The van der Waals surface area contributed by atoms with Gasteiger partial charge in [-0.1, -0.05) is 0 Å². The molecule has 0 spiro atoms. The molecule has 8 heteroatoms. The van der Waals surface area contributed by atoms with E-state index in [1.807, 2.05) is 0 Å². The number of hydrogen-bond acceptors (Lipinski definition) is 4. The lowest BCUT2D eigenvalue weighted by Crippen LogP contribution is -2.07. The van der Waals surface area contributed by atoms with Gasteiger partial charge in [0.25, 0.3) is 6.43 Å². The predicted octanol–water partition coefficient (Wildman–Crippen LogP) is 2.30. The van der Waals surface area contributed by atoms with Gasteiger partial charge in [-0.2, -0.15) is 10.4 Å². The predicted molar refractivity (Wildman–Crippen MR) is 71.4 cm³/mol. The Labute approximate surface area is 123 Å². The normalized spacial score (nSPS) is 12.3. The Morgan fingerprint density at radius 3 is 2.91 bits per heavy atom. The zero-order chi connectivity index (χ0) is 15.3. The number of imidazole rings is 1. The highest BCUT2D eigenvalue weighted by molar-refractivity contribution is 5.71. The number of hydrogen-bond donors (Lipinski definition) is 0. The molecule has 0 amide bonds.